The first-order chi connectivity index (χ1) is 14.2. The fourth-order valence-electron chi connectivity index (χ4n) is 3.90. The molecule has 0 aliphatic carbocycles. The third-order valence-electron chi connectivity index (χ3n) is 5.44. The molecule has 0 radical (unpaired) electrons. The number of nitrogens with one attached hydrogen (secondary N) is 2. The number of ether oxygens (including phenoxy) is 1. The number of phenolic OH excluding ortho intramolecular Hbond substituents is 1. The normalized spacial score (nSPS) is 16.4. The van der Waals surface area contributed by atoms with E-state index in [0.29, 0.717) is 41.2 Å². The molecule has 4 rings (SSSR count). The monoisotopic (exact) mass is 394 g/mol. The lowest BCUT2D eigenvalue weighted by Gasteiger charge is -2.11. The molecule has 1 aromatic heterocycles. The summed E-state index contributed by atoms with van der Waals surface area (Å²) in [6.45, 7) is 3.22. The minimum absolute atomic E-state index is 0.175. The summed E-state index contributed by atoms with van der Waals surface area (Å²) in [5.41, 5.74) is 2.61. The van der Waals surface area contributed by atoms with Crippen molar-refractivity contribution in [1.82, 2.24) is 10.6 Å². The van der Waals surface area contributed by atoms with Crippen molar-refractivity contribution in [2.45, 2.75) is 12.8 Å². The quantitative estimate of drug-likeness (QED) is 0.536. The highest BCUT2D eigenvalue weighted by Crippen LogP contribution is 2.38. The molecular weight excluding hydrogens is 368 g/mol. The summed E-state index contributed by atoms with van der Waals surface area (Å²) in [5.74, 6) is 1.00. The molecule has 1 amide bonds. The van der Waals surface area contributed by atoms with Crippen molar-refractivity contribution in [3.05, 3.63) is 53.6 Å². The van der Waals surface area contributed by atoms with Crippen LogP contribution in [0.1, 0.15) is 22.3 Å². The largest absolute Gasteiger partial charge is 0.508 e. The average Bonchev–Trinajstić information content (AvgIpc) is 3.40. The van der Waals surface area contributed by atoms with E-state index in [9.17, 15) is 9.90 Å². The smallest absolute Gasteiger partial charge is 0.255 e. The second-order valence-corrected chi connectivity index (χ2v) is 7.37. The van der Waals surface area contributed by atoms with Gasteiger partial charge in [0.15, 0.2) is 0 Å². The van der Waals surface area contributed by atoms with E-state index in [1.807, 2.05) is 30.3 Å². The second kappa shape index (κ2) is 8.68. The van der Waals surface area contributed by atoms with E-state index in [2.05, 4.69) is 10.6 Å². The Morgan fingerprint density at radius 1 is 1.21 bits per heavy atom. The van der Waals surface area contributed by atoms with Crippen LogP contribution in [-0.2, 0) is 11.2 Å². The molecule has 152 valence electrons. The number of hydrogen-bond donors (Lipinski definition) is 3. The SMILES string of the molecule is CNC(=O)c1c(-c2ccccc2)oc2ccc(O)c(CCNCC3CCOC3)c12. The van der Waals surface area contributed by atoms with Gasteiger partial charge in [0.05, 0.1) is 12.2 Å². The zero-order valence-electron chi connectivity index (χ0n) is 16.5. The third kappa shape index (κ3) is 3.99. The molecule has 2 heterocycles. The molecule has 6 nitrogen and oxygen atoms in total. The molecule has 0 spiro atoms. The number of fused-ring (bicyclic) bond motifs is 1. The standard InChI is InChI=1S/C23H26N2O4/c1-24-23(27)21-20-17(9-11-25-13-15-10-12-28-14-15)18(26)7-8-19(20)29-22(21)16-5-3-2-4-6-16/h2-8,15,25-26H,9-14H2,1H3,(H,24,27). The van der Waals surface area contributed by atoms with E-state index in [1.165, 1.54) is 0 Å². The van der Waals surface area contributed by atoms with Crippen LogP contribution in [0.2, 0.25) is 0 Å². The first-order valence-corrected chi connectivity index (χ1v) is 10.0. The van der Waals surface area contributed by atoms with Crippen LogP contribution in [0.3, 0.4) is 0 Å². The summed E-state index contributed by atoms with van der Waals surface area (Å²) in [7, 11) is 1.60. The minimum atomic E-state index is -0.231. The third-order valence-corrected chi connectivity index (χ3v) is 5.44. The van der Waals surface area contributed by atoms with Gasteiger partial charge in [-0.1, -0.05) is 30.3 Å². The van der Waals surface area contributed by atoms with Gasteiger partial charge in [-0.05, 0) is 37.4 Å². The van der Waals surface area contributed by atoms with Crippen molar-refractivity contribution < 1.29 is 19.1 Å². The van der Waals surface area contributed by atoms with E-state index in [-0.39, 0.29) is 11.7 Å². The maximum atomic E-state index is 12.8. The number of carbonyl (C=O) groups is 1. The number of benzene rings is 2. The van der Waals surface area contributed by atoms with Gasteiger partial charge in [0, 0.05) is 36.7 Å². The zero-order chi connectivity index (χ0) is 20.2. The molecule has 3 aromatic rings. The van der Waals surface area contributed by atoms with Crippen molar-refractivity contribution in [2.75, 3.05) is 33.4 Å². The minimum Gasteiger partial charge on any atom is -0.508 e. The number of aromatic hydroxyl groups is 1. The van der Waals surface area contributed by atoms with E-state index < -0.39 is 0 Å². The van der Waals surface area contributed by atoms with Crippen LogP contribution in [0.25, 0.3) is 22.3 Å². The van der Waals surface area contributed by atoms with Crippen molar-refractivity contribution in [3.63, 3.8) is 0 Å². The summed E-state index contributed by atoms with van der Waals surface area (Å²) < 4.78 is 11.5. The van der Waals surface area contributed by atoms with Gasteiger partial charge in [0.2, 0.25) is 0 Å². The van der Waals surface area contributed by atoms with Crippen LogP contribution in [-0.4, -0.2) is 44.4 Å². The Labute approximate surface area is 169 Å². The van der Waals surface area contributed by atoms with Gasteiger partial charge in [-0.15, -0.1) is 0 Å². The lowest BCUT2D eigenvalue weighted by Crippen LogP contribution is -2.25. The average molecular weight is 394 g/mol. The maximum Gasteiger partial charge on any atom is 0.255 e. The lowest BCUT2D eigenvalue weighted by atomic mass is 9.98. The fraction of sp³-hybridized carbons (Fsp3) is 0.348. The van der Waals surface area contributed by atoms with Crippen LogP contribution < -0.4 is 10.6 Å². The van der Waals surface area contributed by atoms with Crippen molar-refractivity contribution in [1.29, 1.82) is 0 Å². The van der Waals surface area contributed by atoms with E-state index >= 15 is 0 Å². The summed E-state index contributed by atoms with van der Waals surface area (Å²) in [6, 6.07) is 12.9. The number of carbonyl (C=O) groups excluding carboxylic acids is 1. The molecule has 1 aliphatic heterocycles. The predicted octanol–water partition coefficient (Wildman–Crippen LogP) is 3.33. The highest BCUT2D eigenvalue weighted by Gasteiger charge is 2.25. The highest BCUT2D eigenvalue weighted by molar-refractivity contribution is 6.12. The molecule has 6 heteroatoms. The van der Waals surface area contributed by atoms with Crippen molar-refractivity contribution >= 4 is 16.9 Å². The van der Waals surface area contributed by atoms with E-state index in [4.69, 9.17) is 9.15 Å². The maximum absolute atomic E-state index is 12.8. The number of phenols is 1. The van der Waals surface area contributed by atoms with Gasteiger partial charge in [-0.3, -0.25) is 4.79 Å². The molecule has 1 aliphatic rings. The summed E-state index contributed by atoms with van der Waals surface area (Å²) in [5, 5.41) is 17.4. The Bertz CT molecular complexity index is 991. The van der Waals surface area contributed by atoms with Crippen LogP contribution in [0.15, 0.2) is 46.9 Å². The molecule has 3 N–H and O–H groups in total. The van der Waals surface area contributed by atoms with Gasteiger partial charge in [-0.25, -0.2) is 0 Å². The van der Waals surface area contributed by atoms with Gasteiger partial charge in [0.1, 0.15) is 17.1 Å². The van der Waals surface area contributed by atoms with Gasteiger partial charge in [0.25, 0.3) is 5.91 Å². The molecule has 29 heavy (non-hydrogen) atoms. The summed E-state index contributed by atoms with van der Waals surface area (Å²) in [4.78, 5) is 12.8. The number of furan rings is 1. The second-order valence-electron chi connectivity index (χ2n) is 7.37. The Kier molecular flexibility index (Phi) is 5.83. The first kappa shape index (κ1) is 19.5. The van der Waals surface area contributed by atoms with Gasteiger partial charge < -0.3 is 24.9 Å². The topological polar surface area (TPSA) is 83.7 Å². The Morgan fingerprint density at radius 3 is 2.76 bits per heavy atom. The van der Waals surface area contributed by atoms with Crippen LogP contribution in [0.5, 0.6) is 5.75 Å². The Morgan fingerprint density at radius 2 is 2.03 bits per heavy atom. The number of rotatable bonds is 7. The van der Waals surface area contributed by atoms with E-state index in [1.54, 1.807) is 19.2 Å². The summed E-state index contributed by atoms with van der Waals surface area (Å²) >= 11 is 0. The Balaban J connectivity index is 1.68. The van der Waals surface area contributed by atoms with Crippen molar-refractivity contribution in [2.24, 2.45) is 5.92 Å². The fourth-order valence-corrected chi connectivity index (χ4v) is 3.90. The molecule has 1 saturated heterocycles. The van der Waals surface area contributed by atoms with Crippen LogP contribution >= 0.6 is 0 Å². The number of hydrogen-bond acceptors (Lipinski definition) is 5. The molecule has 1 unspecified atom stereocenters. The molecule has 2 aromatic carbocycles. The highest BCUT2D eigenvalue weighted by atomic mass is 16.5. The molecule has 0 bridgehead atoms. The van der Waals surface area contributed by atoms with Gasteiger partial charge >= 0.3 is 0 Å². The summed E-state index contributed by atoms with van der Waals surface area (Å²) in [6.07, 6.45) is 1.67. The predicted molar refractivity (Wildman–Crippen MR) is 112 cm³/mol. The lowest BCUT2D eigenvalue weighted by molar-refractivity contribution is 0.0964. The number of amides is 1. The van der Waals surface area contributed by atoms with Gasteiger partial charge in [-0.2, -0.15) is 0 Å². The molecular formula is C23H26N2O4. The van der Waals surface area contributed by atoms with Crippen LogP contribution in [0.4, 0.5) is 0 Å². The van der Waals surface area contributed by atoms with Crippen LogP contribution in [0, 0.1) is 5.92 Å². The first-order valence-electron chi connectivity index (χ1n) is 10.0. The zero-order valence-corrected chi connectivity index (χ0v) is 16.5. The molecule has 1 atom stereocenters. The molecule has 1 fully saturated rings. The Hall–Kier alpha value is -2.83. The van der Waals surface area contributed by atoms with E-state index in [0.717, 1.165) is 37.3 Å². The van der Waals surface area contributed by atoms with Crippen molar-refractivity contribution in [3.8, 4) is 17.1 Å². The molecule has 0 saturated carbocycles.